The molecule has 2 saturated heterocycles. The van der Waals surface area contributed by atoms with Crippen molar-refractivity contribution in [3.63, 3.8) is 0 Å². The smallest absolute Gasteiger partial charge is 0.119 e. The Kier molecular flexibility index (Phi) is 3.51. The van der Waals surface area contributed by atoms with E-state index in [1.54, 1.807) is 7.11 Å². The van der Waals surface area contributed by atoms with Gasteiger partial charge in [-0.1, -0.05) is 6.42 Å². The standard InChI is InChI=1S/C17H25NO2/c1-11-7-15(20-3)8-12(2)16(11)17(19)9-13-5-4-6-14(10-17)18-13/h7-8,13-14,18-19H,4-6,9-10H2,1-3H3. The predicted molar refractivity (Wildman–Crippen MR) is 80.2 cm³/mol. The van der Waals surface area contributed by atoms with Crippen molar-refractivity contribution in [3.05, 3.63) is 28.8 Å². The number of hydrogen-bond acceptors (Lipinski definition) is 3. The van der Waals surface area contributed by atoms with Crippen LogP contribution in [-0.4, -0.2) is 24.3 Å². The van der Waals surface area contributed by atoms with Crippen LogP contribution in [0.4, 0.5) is 0 Å². The van der Waals surface area contributed by atoms with Gasteiger partial charge in [0.15, 0.2) is 0 Å². The van der Waals surface area contributed by atoms with Crippen LogP contribution in [-0.2, 0) is 5.60 Å². The third-order valence-electron chi connectivity index (χ3n) is 4.95. The molecule has 1 aromatic rings. The highest BCUT2D eigenvalue weighted by atomic mass is 16.5. The minimum atomic E-state index is -0.679. The lowest BCUT2D eigenvalue weighted by Crippen LogP contribution is -2.54. The van der Waals surface area contributed by atoms with E-state index in [4.69, 9.17) is 4.74 Å². The maximum Gasteiger partial charge on any atom is 0.119 e. The molecule has 2 unspecified atom stereocenters. The van der Waals surface area contributed by atoms with Crippen molar-refractivity contribution in [3.8, 4) is 5.75 Å². The number of benzene rings is 1. The van der Waals surface area contributed by atoms with Crippen LogP contribution < -0.4 is 10.1 Å². The van der Waals surface area contributed by atoms with Crippen molar-refractivity contribution in [1.82, 2.24) is 5.32 Å². The maximum atomic E-state index is 11.3. The van der Waals surface area contributed by atoms with E-state index in [2.05, 4.69) is 19.2 Å². The van der Waals surface area contributed by atoms with Gasteiger partial charge in [-0.25, -0.2) is 0 Å². The summed E-state index contributed by atoms with van der Waals surface area (Å²) in [6.45, 7) is 4.17. The Labute approximate surface area is 121 Å². The van der Waals surface area contributed by atoms with Crippen LogP contribution in [0.5, 0.6) is 5.75 Å². The van der Waals surface area contributed by atoms with Crippen molar-refractivity contribution >= 4 is 0 Å². The topological polar surface area (TPSA) is 41.5 Å². The number of nitrogens with one attached hydrogen (secondary N) is 1. The molecule has 0 saturated carbocycles. The molecule has 0 radical (unpaired) electrons. The monoisotopic (exact) mass is 275 g/mol. The molecular weight excluding hydrogens is 250 g/mol. The van der Waals surface area contributed by atoms with E-state index < -0.39 is 5.60 Å². The van der Waals surface area contributed by atoms with Crippen LogP contribution in [0.15, 0.2) is 12.1 Å². The molecule has 2 bridgehead atoms. The molecule has 3 nitrogen and oxygen atoms in total. The minimum absolute atomic E-state index is 0.466. The molecular formula is C17H25NO2. The lowest BCUT2D eigenvalue weighted by atomic mass is 9.72. The average Bonchev–Trinajstić information content (AvgIpc) is 2.36. The fourth-order valence-corrected chi connectivity index (χ4v) is 4.31. The molecule has 0 aromatic heterocycles. The largest absolute Gasteiger partial charge is 0.497 e. The molecule has 0 amide bonds. The van der Waals surface area contributed by atoms with Crippen LogP contribution in [0.25, 0.3) is 0 Å². The summed E-state index contributed by atoms with van der Waals surface area (Å²) in [6, 6.07) is 5.01. The zero-order valence-corrected chi connectivity index (χ0v) is 12.7. The second-order valence-corrected chi connectivity index (χ2v) is 6.57. The van der Waals surface area contributed by atoms with Gasteiger partial charge in [0.25, 0.3) is 0 Å². The highest BCUT2D eigenvalue weighted by molar-refractivity contribution is 5.45. The predicted octanol–water partition coefficient (Wildman–Crippen LogP) is 2.80. The van der Waals surface area contributed by atoms with Gasteiger partial charge >= 0.3 is 0 Å². The first kappa shape index (κ1) is 13.9. The van der Waals surface area contributed by atoms with Crippen LogP contribution in [0.3, 0.4) is 0 Å². The van der Waals surface area contributed by atoms with E-state index >= 15 is 0 Å². The molecule has 2 atom stereocenters. The third-order valence-corrected chi connectivity index (χ3v) is 4.95. The highest BCUT2D eigenvalue weighted by Gasteiger charge is 2.43. The maximum absolute atomic E-state index is 11.3. The SMILES string of the molecule is COc1cc(C)c(C2(O)CC3CCCC(C2)N3)c(C)c1. The van der Waals surface area contributed by atoms with E-state index in [0.717, 1.165) is 35.3 Å². The van der Waals surface area contributed by atoms with E-state index in [1.807, 2.05) is 12.1 Å². The zero-order chi connectivity index (χ0) is 14.3. The number of piperidine rings is 2. The summed E-state index contributed by atoms with van der Waals surface area (Å²) in [7, 11) is 1.69. The quantitative estimate of drug-likeness (QED) is 0.872. The van der Waals surface area contributed by atoms with Gasteiger partial charge in [-0.15, -0.1) is 0 Å². The number of aryl methyl sites for hydroxylation is 2. The molecule has 3 heteroatoms. The van der Waals surface area contributed by atoms with E-state index in [1.165, 1.54) is 19.3 Å². The molecule has 2 heterocycles. The Morgan fingerprint density at radius 1 is 1.15 bits per heavy atom. The summed E-state index contributed by atoms with van der Waals surface area (Å²) in [5.41, 5.74) is 2.73. The van der Waals surface area contributed by atoms with Gasteiger partial charge in [0.1, 0.15) is 5.75 Å². The van der Waals surface area contributed by atoms with Gasteiger partial charge in [0.2, 0.25) is 0 Å². The first-order valence-corrected chi connectivity index (χ1v) is 7.66. The Morgan fingerprint density at radius 2 is 1.70 bits per heavy atom. The molecule has 2 aliphatic rings. The molecule has 0 spiro atoms. The first-order chi connectivity index (χ1) is 9.51. The first-order valence-electron chi connectivity index (χ1n) is 7.66. The number of methoxy groups -OCH3 is 1. The number of hydrogen-bond donors (Lipinski definition) is 2. The summed E-state index contributed by atoms with van der Waals surface area (Å²) < 4.78 is 5.33. The molecule has 20 heavy (non-hydrogen) atoms. The van der Waals surface area contributed by atoms with Crippen LogP contribution in [0, 0.1) is 13.8 Å². The van der Waals surface area contributed by atoms with Crippen LogP contribution in [0.2, 0.25) is 0 Å². The second kappa shape index (κ2) is 5.05. The van der Waals surface area contributed by atoms with E-state index in [0.29, 0.717) is 12.1 Å². The van der Waals surface area contributed by atoms with Gasteiger partial charge in [0, 0.05) is 12.1 Å². The van der Waals surface area contributed by atoms with Crippen molar-refractivity contribution in [2.45, 2.75) is 63.6 Å². The Bertz CT molecular complexity index is 477. The minimum Gasteiger partial charge on any atom is -0.497 e. The molecule has 1 aromatic carbocycles. The van der Waals surface area contributed by atoms with Gasteiger partial charge in [-0.05, 0) is 68.4 Å². The van der Waals surface area contributed by atoms with Gasteiger partial charge < -0.3 is 15.2 Å². The van der Waals surface area contributed by atoms with Gasteiger partial charge in [-0.3, -0.25) is 0 Å². The number of aliphatic hydroxyl groups is 1. The summed E-state index contributed by atoms with van der Waals surface area (Å²) in [4.78, 5) is 0. The van der Waals surface area contributed by atoms with Crippen LogP contribution >= 0.6 is 0 Å². The Morgan fingerprint density at radius 3 is 2.20 bits per heavy atom. The van der Waals surface area contributed by atoms with Crippen LogP contribution in [0.1, 0.15) is 48.8 Å². The molecule has 0 aliphatic carbocycles. The van der Waals surface area contributed by atoms with Gasteiger partial charge in [-0.2, -0.15) is 0 Å². The normalized spacial score (nSPS) is 33.0. The molecule has 3 rings (SSSR count). The van der Waals surface area contributed by atoms with E-state index in [-0.39, 0.29) is 0 Å². The summed E-state index contributed by atoms with van der Waals surface area (Å²) >= 11 is 0. The van der Waals surface area contributed by atoms with E-state index in [9.17, 15) is 5.11 Å². The highest BCUT2D eigenvalue weighted by Crippen LogP contribution is 2.42. The number of rotatable bonds is 2. The van der Waals surface area contributed by atoms with Crippen molar-refractivity contribution in [1.29, 1.82) is 0 Å². The van der Waals surface area contributed by atoms with Gasteiger partial charge in [0.05, 0.1) is 12.7 Å². The lowest BCUT2D eigenvalue weighted by molar-refractivity contribution is -0.0367. The summed E-state index contributed by atoms with van der Waals surface area (Å²) in [5, 5.41) is 14.9. The number of ether oxygens (including phenoxy) is 1. The summed E-state index contributed by atoms with van der Waals surface area (Å²) in [6.07, 6.45) is 5.33. The van der Waals surface area contributed by atoms with Crippen molar-refractivity contribution in [2.24, 2.45) is 0 Å². The van der Waals surface area contributed by atoms with Crippen molar-refractivity contribution in [2.75, 3.05) is 7.11 Å². The summed E-state index contributed by atoms with van der Waals surface area (Å²) in [5.74, 6) is 0.876. The Hall–Kier alpha value is -1.06. The third kappa shape index (κ3) is 2.33. The average molecular weight is 275 g/mol. The molecule has 2 N–H and O–H groups in total. The fourth-order valence-electron chi connectivity index (χ4n) is 4.31. The Balaban J connectivity index is 1.99. The fraction of sp³-hybridized carbons (Fsp3) is 0.647. The zero-order valence-electron chi connectivity index (χ0n) is 12.7. The number of fused-ring (bicyclic) bond motifs is 2. The van der Waals surface area contributed by atoms with Crippen molar-refractivity contribution < 1.29 is 9.84 Å². The molecule has 2 aliphatic heterocycles. The lowest BCUT2D eigenvalue weighted by Gasteiger charge is -2.46. The second-order valence-electron chi connectivity index (χ2n) is 6.57. The molecule has 2 fully saturated rings. The molecule has 110 valence electrons.